The Balaban J connectivity index is 1.35. The number of hydrogen-bond acceptors (Lipinski definition) is 5. The number of hydrogen-bond donors (Lipinski definition) is 1. The molecule has 28 heavy (non-hydrogen) atoms. The van der Waals surface area contributed by atoms with Gasteiger partial charge in [-0.3, -0.25) is 4.79 Å². The summed E-state index contributed by atoms with van der Waals surface area (Å²) in [5.74, 6) is -0.372. The van der Waals surface area contributed by atoms with Crippen molar-refractivity contribution in [1.29, 1.82) is 0 Å². The van der Waals surface area contributed by atoms with Gasteiger partial charge in [-0.25, -0.2) is 18.7 Å². The third-order valence-electron chi connectivity index (χ3n) is 4.75. The molecule has 1 aliphatic rings. The van der Waals surface area contributed by atoms with Gasteiger partial charge in [0.25, 0.3) is 0 Å². The van der Waals surface area contributed by atoms with Gasteiger partial charge in [-0.2, -0.15) is 0 Å². The van der Waals surface area contributed by atoms with Gasteiger partial charge in [-0.05, 0) is 37.3 Å². The number of aryl methyl sites for hydroxylation is 2. The molecule has 0 bridgehead atoms. The van der Waals surface area contributed by atoms with E-state index in [-0.39, 0.29) is 30.1 Å². The Morgan fingerprint density at radius 1 is 1.39 bits per heavy atom. The van der Waals surface area contributed by atoms with Crippen molar-refractivity contribution in [3.05, 3.63) is 52.5 Å². The summed E-state index contributed by atoms with van der Waals surface area (Å²) in [6.45, 7) is 2.23. The molecule has 1 aromatic carbocycles. The average molecular weight is 403 g/mol. The highest BCUT2D eigenvalue weighted by Crippen LogP contribution is 2.32. The minimum Gasteiger partial charge on any atom is -0.441 e. The summed E-state index contributed by atoms with van der Waals surface area (Å²) in [7, 11) is 0. The van der Waals surface area contributed by atoms with Crippen LogP contribution in [0, 0.1) is 17.6 Å². The van der Waals surface area contributed by atoms with Gasteiger partial charge < -0.3 is 9.73 Å². The van der Waals surface area contributed by atoms with Crippen LogP contribution in [0.1, 0.15) is 36.2 Å². The van der Waals surface area contributed by atoms with Crippen molar-refractivity contribution >= 4 is 22.4 Å². The number of thiazole rings is 1. The molecule has 4 rings (SSSR count). The first-order chi connectivity index (χ1) is 13.5. The predicted octanol–water partition coefficient (Wildman–Crippen LogP) is 4.77. The molecule has 2 aromatic heterocycles. The number of benzene rings is 1. The Hall–Kier alpha value is -2.61. The number of anilines is 1. The van der Waals surface area contributed by atoms with Crippen LogP contribution in [0.4, 0.5) is 13.9 Å². The minimum absolute atomic E-state index is 0.132. The summed E-state index contributed by atoms with van der Waals surface area (Å²) < 4.78 is 32.3. The second-order valence-corrected chi connectivity index (χ2v) is 8.11. The van der Waals surface area contributed by atoms with E-state index in [0.29, 0.717) is 16.9 Å². The summed E-state index contributed by atoms with van der Waals surface area (Å²) in [6, 6.07) is 3.24. The maximum atomic E-state index is 13.8. The van der Waals surface area contributed by atoms with Crippen LogP contribution in [0.5, 0.6) is 0 Å². The van der Waals surface area contributed by atoms with E-state index in [4.69, 9.17) is 4.42 Å². The van der Waals surface area contributed by atoms with Gasteiger partial charge in [-0.15, -0.1) is 11.3 Å². The maximum Gasteiger partial charge on any atom is 0.226 e. The number of nitrogens with one attached hydrogen (secondary N) is 1. The van der Waals surface area contributed by atoms with Crippen LogP contribution in [0.3, 0.4) is 0 Å². The van der Waals surface area contributed by atoms with Gasteiger partial charge in [0.2, 0.25) is 5.91 Å². The van der Waals surface area contributed by atoms with Crippen LogP contribution < -0.4 is 5.32 Å². The van der Waals surface area contributed by atoms with E-state index in [1.54, 1.807) is 0 Å². The fourth-order valence-electron chi connectivity index (χ4n) is 3.24. The van der Waals surface area contributed by atoms with Crippen molar-refractivity contribution in [2.24, 2.45) is 5.92 Å². The molecule has 1 unspecified atom stereocenters. The predicted molar refractivity (Wildman–Crippen MR) is 102 cm³/mol. The quantitative estimate of drug-likeness (QED) is 0.666. The number of carbonyl (C=O) groups is 1. The number of halogens is 2. The number of amides is 1. The molecule has 1 N–H and O–H groups in total. The van der Waals surface area contributed by atoms with Gasteiger partial charge in [-0.1, -0.05) is 6.92 Å². The van der Waals surface area contributed by atoms with E-state index in [0.717, 1.165) is 37.1 Å². The molecule has 8 heteroatoms. The standard InChI is InChI=1S/C20H19F2N3O2S/c1-11-2-5-15-17(8-11)28-20(24-15)25-18(26)6-7-19-23-10-16(27-19)13-4-3-12(21)9-14(13)22/h3-4,9-11H,2,5-8H2,1H3,(H,24,25,26). The summed E-state index contributed by atoms with van der Waals surface area (Å²) in [5.41, 5.74) is 1.23. The molecule has 0 saturated carbocycles. The number of carbonyl (C=O) groups excluding carboxylic acids is 1. The molecule has 0 aliphatic heterocycles. The van der Waals surface area contributed by atoms with Gasteiger partial charge in [0.15, 0.2) is 16.8 Å². The van der Waals surface area contributed by atoms with Crippen LogP contribution in [0.2, 0.25) is 0 Å². The first kappa shape index (κ1) is 18.7. The highest BCUT2D eigenvalue weighted by molar-refractivity contribution is 7.15. The summed E-state index contributed by atoms with van der Waals surface area (Å²) >= 11 is 1.54. The van der Waals surface area contributed by atoms with Gasteiger partial charge >= 0.3 is 0 Å². The second kappa shape index (κ2) is 7.79. The summed E-state index contributed by atoms with van der Waals surface area (Å²) in [6.07, 6.45) is 4.93. The van der Waals surface area contributed by atoms with E-state index >= 15 is 0 Å². The molecule has 0 radical (unpaired) electrons. The molecule has 1 amide bonds. The van der Waals surface area contributed by atoms with E-state index in [9.17, 15) is 13.6 Å². The molecule has 1 aliphatic carbocycles. The van der Waals surface area contributed by atoms with Crippen molar-refractivity contribution in [2.45, 2.75) is 39.0 Å². The van der Waals surface area contributed by atoms with E-state index in [1.165, 1.54) is 28.5 Å². The molecule has 2 heterocycles. The number of oxazole rings is 1. The monoisotopic (exact) mass is 403 g/mol. The molecular formula is C20H19F2N3O2S. The van der Waals surface area contributed by atoms with Crippen LogP contribution in [0.25, 0.3) is 11.3 Å². The Morgan fingerprint density at radius 3 is 3.07 bits per heavy atom. The van der Waals surface area contributed by atoms with Crippen LogP contribution in [-0.4, -0.2) is 15.9 Å². The van der Waals surface area contributed by atoms with E-state index in [2.05, 4.69) is 22.2 Å². The van der Waals surface area contributed by atoms with Crippen LogP contribution >= 0.6 is 11.3 Å². The number of rotatable bonds is 5. The van der Waals surface area contributed by atoms with Crippen LogP contribution in [0.15, 0.2) is 28.8 Å². The Kier molecular flexibility index (Phi) is 5.21. The van der Waals surface area contributed by atoms with E-state index in [1.807, 2.05) is 0 Å². The highest BCUT2D eigenvalue weighted by atomic mass is 32.1. The second-order valence-electron chi connectivity index (χ2n) is 7.03. The summed E-state index contributed by atoms with van der Waals surface area (Å²) in [5, 5.41) is 3.47. The zero-order chi connectivity index (χ0) is 19.7. The molecule has 0 saturated heterocycles. The van der Waals surface area contributed by atoms with Gasteiger partial charge in [0.05, 0.1) is 17.5 Å². The third-order valence-corrected chi connectivity index (χ3v) is 5.78. The number of nitrogens with zero attached hydrogens (tertiary/aromatic N) is 2. The molecule has 5 nitrogen and oxygen atoms in total. The Morgan fingerprint density at radius 2 is 2.25 bits per heavy atom. The molecule has 1 atom stereocenters. The lowest BCUT2D eigenvalue weighted by Gasteiger charge is -2.15. The lowest BCUT2D eigenvalue weighted by atomic mass is 9.93. The SMILES string of the molecule is CC1CCc2nc(NC(=O)CCc3ncc(-c4ccc(F)cc4F)o3)sc2C1. The van der Waals surface area contributed by atoms with Gasteiger partial charge in [0.1, 0.15) is 11.6 Å². The molecule has 0 fully saturated rings. The largest absolute Gasteiger partial charge is 0.441 e. The zero-order valence-electron chi connectivity index (χ0n) is 15.3. The number of fused-ring (bicyclic) bond motifs is 1. The minimum atomic E-state index is -0.720. The summed E-state index contributed by atoms with van der Waals surface area (Å²) in [4.78, 5) is 22.1. The van der Waals surface area contributed by atoms with Gasteiger partial charge in [0, 0.05) is 23.8 Å². The molecule has 146 valence electrons. The Labute approximate surface area is 164 Å². The fraction of sp³-hybridized carbons (Fsp3) is 0.350. The van der Waals surface area contributed by atoms with Crippen molar-refractivity contribution < 1.29 is 18.0 Å². The highest BCUT2D eigenvalue weighted by Gasteiger charge is 2.20. The molecule has 3 aromatic rings. The molecule has 0 spiro atoms. The topological polar surface area (TPSA) is 68.0 Å². The lowest BCUT2D eigenvalue weighted by molar-refractivity contribution is -0.116. The fourth-order valence-corrected chi connectivity index (χ4v) is 4.42. The van der Waals surface area contributed by atoms with Crippen molar-refractivity contribution in [1.82, 2.24) is 9.97 Å². The maximum absolute atomic E-state index is 13.8. The Bertz CT molecular complexity index is 1010. The molecular weight excluding hydrogens is 384 g/mol. The normalized spacial score (nSPS) is 16.0. The van der Waals surface area contributed by atoms with Crippen LogP contribution in [-0.2, 0) is 24.1 Å². The first-order valence-electron chi connectivity index (χ1n) is 9.16. The van der Waals surface area contributed by atoms with Crippen molar-refractivity contribution in [3.8, 4) is 11.3 Å². The zero-order valence-corrected chi connectivity index (χ0v) is 16.1. The first-order valence-corrected chi connectivity index (χ1v) is 9.98. The van der Waals surface area contributed by atoms with Crippen molar-refractivity contribution in [2.75, 3.05) is 5.32 Å². The van der Waals surface area contributed by atoms with E-state index < -0.39 is 11.6 Å². The lowest BCUT2D eigenvalue weighted by Crippen LogP contribution is -2.12. The number of aromatic nitrogens is 2. The third kappa shape index (κ3) is 4.11. The average Bonchev–Trinajstić information content (AvgIpc) is 3.26. The smallest absolute Gasteiger partial charge is 0.226 e. The van der Waals surface area contributed by atoms with Crippen molar-refractivity contribution in [3.63, 3.8) is 0 Å².